The summed E-state index contributed by atoms with van der Waals surface area (Å²) in [5.74, 6) is -0.744. The molecule has 8 heteroatoms. The maximum atomic E-state index is 13.8. The van der Waals surface area contributed by atoms with Crippen LogP contribution in [0.15, 0.2) is 77.7 Å². The van der Waals surface area contributed by atoms with E-state index >= 15 is 0 Å². The van der Waals surface area contributed by atoms with Crippen LogP contribution in [-0.2, 0) is 10.0 Å². The van der Waals surface area contributed by atoms with Crippen LogP contribution in [0.5, 0.6) is 0 Å². The first-order valence-electron chi connectivity index (χ1n) is 10.3. The Morgan fingerprint density at radius 3 is 2.31 bits per heavy atom. The summed E-state index contributed by atoms with van der Waals surface area (Å²) in [6, 6.07) is 20.2. The van der Waals surface area contributed by atoms with Crippen LogP contribution in [-0.4, -0.2) is 45.4 Å². The molecule has 1 N–H and O–H groups in total. The van der Waals surface area contributed by atoms with E-state index in [4.69, 9.17) is 0 Å². The summed E-state index contributed by atoms with van der Waals surface area (Å²) in [5, 5.41) is 0. The number of benzene rings is 3. The molecule has 0 unspecified atom stereocenters. The summed E-state index contributed by atoms with van der Waals surface area (Å²) in [5.41, 5.74) is 2.14. The van der Waals surface area contributed by atoms with Gasteiger partial charge in [0, 0.05) is 43.1 Å². The minimum atomic E-state index is -3.98. The molecule has 0 aliphatic carbocycles. The largest absolute Gasteiger partial charge is 0.368 e. The second kappa shape index (κ2) is 9.00. The van der Waals surface area contributed by atoms with Crippen molar-refractivity contribution in [3.8, 4) is 0 Å². The number of halogens is 1. The third-order valence-corrected chi connectivity index (χ3v) is 6.88. The number of carbonyl (C=O) groups is 1. The van der Waals surface area contributed by atoms with Gasteiger partial charge in [-0.3, -0.25) is 9.52 Å². The van der Waals surface area contributed by atoms with Gasteiger partial charge < -0.3 is 9.80 Å². The lowest BCUT2D eigenvalue weighted by atomic mass is 10.1. The molecule has 1 amide bonds. The van der Waals surface area contributed by atoms with Gasteiger partial charge in [0.1, 0.15) is 5.82 Å². The molecular weight excluding hydrogens is 429 g/mol. The van der Waals surface area contributed by atoms with Crippen LogP contribution in [0.3, 0.4) is 0 Å². The molecule has 32 heavy (non-hydrogen) atoms. The number of para-hydroxylation sites is 1. The number of nitrogens with one attached hydrogen (secondary N) is 1. The lowest BCUT2D eigenvalue weighted by Crippen LogP contribution is -2.48. The van der Waals surface area contributed by atoms with E-state index in [-0.39, 0.29) is 16.5 Å². The van der Waals surface area contributed by atoms with Crippen molar-refractivity contribution in [2.75, 3.05) is 35.8 Å². The van der Waals surface area contributed by atoms with Crippen LogP contribution >= 0.6 is 0 Å². The van der Waals surface area contributed by atoms with Crippen molar-refractivity contribution in [2.24, 2.45) is 0 Å². The number of nitrogens with zero attached hydrogens (tertiary/aromatic N) is 2. The average molecular weight is 454 g/mol. The van der Waals surface area contributed by atoms with Gasteiger partial charge >= 0.3 is 0 Å². The molecule has 0 spiro atoms. The van der Waals surface area contributed by atoms with E-state index < -0.39 is 15.8 Å². The standard InChI is InChI=1S/C24H24FN3O3S/c1-18-10-11-22(17-23(18)25)32(30,31)26-20-7-5-6-19(16-20)24(29)28-14-12-27(13-15-28)21-8-3-2-4-9-21/h2-11,16-17,26H,12-15H2,1H3. The minimum absolute atomic E-state index is 0.153. The Bertz CT molecular complexity index is 1220. The van der Waals surface area contributed by atoms with Crippen LogP contribution in [0.2, 0.25) is 0 Å². The van der Waals surface area contributed by atoms with Crippen molar-refractivity contribution in [1.82, 2.24) is 4.90 Å². The highest BCUT2D eigenvalue weighted by molar-refractivity contribution is 7.92. The molecule has 0 aromatic heterocycles. The monoisotopic (exact) mass is 453 g/mol. The Balaban J connectivity index is 1.44. The van der Waals surface area contributed by atoms with Crippen molar-refractivity contribution in [2.45, 2.75) is 11.8 Å². The van der Waals surface area contributed by atoms with Crippen LogP contribution in [0.4, 0.5) is 15.8 Å². The zero-order valence-corrected chi connectivity index (χ0v) is 18.5. The van der Waals surface area contributed by atoms with E-state index in [2.05, 4.69) is 9.62 Å². The first kappa shape index (κ1) is 21.8. The van der Waals surface area contributed by atoms with Crippen molar-refractivity contribution in [3.63, 3.8) is 0 Å². The van der Waals surface area contributed by atoms with Crippen LogP contribution in [0.25, 0.3) is 0 Å². The third-order valence-electron chi connectivity index (χ3n) is 5.50. The molecule has 1 heterocycles. The SMILES string of the molecule is Cc1ccc(S(=O)(=O)Nc2cccc(C(=O)N3CCN(c4ccccc4)CC3)c2)cc1F. The van der Waals surface area contributed by atoms with Crippen molar-refractivity contribution >= 4 is 27.3 Å². The Kier molecular flexibility index (Phi) is 6.14. The number of rotatable bonds is 5. The molecule has 1 aliphatic rings. The molecular formula is C24H24FN3O3S. The molecule has 0 atom stereocenters. The molecule has 0 saturated carbocycles. The Hall–Kier alpha value is -3.39. The van der Waals surface area contributed by atoms with E-state index in [0.29, 0.717) is 24.2 Å². The molecule has 0 radical (unpaired) electrons. The first-order valence-corrected chi connectivity index (χ1v) is 11.8. The van der Waals surface area contributed by atoms with Gasteiger partial charge in [-0.1, -0.05) is 30.3 Å². The molecule has 1 aliphatic heterocycles. The zero-order chi connectivity index (χ0) is 22.7. The van der Waals surface area contributed by atoms with E-state index in [1.807, 2.05) is 30.3 Å². The van der Waals surface area contributed by atoms with Gasteiger partial charge in [-0.05, 0) is 55.0 Å². The molecule has 3 aromatic rings. The Labute approximate surface area is 187 Å². The summed E-state index contributed by atoms with van der Waals surface area (Å²) >= 11 is 0. The van der Waals surface area contributed by atoms with Crippen LogP contribution in [0, 0.1) is 12.7 Å². The lowest BCUT2D eigenvalue weighted by Gasteiger charge is -2.36. The van der Waals surface area contributed by atoms with E-state index in [0.717, 1.165) is 24.8 Å². The molecule has 3 aromatic carbocycles. The fraction of sp³-hybridized carbons (Fsp3) is 0.208. The number of anilines is 2. The Morgan fingerprint density at radius 1 is 0.906 bits per heavy atom. The first-order chi connectivity index (χ1) is 15.3. The lowest BCUT2D eigenvalue weighted by molar-refractivity contribution is 0.0747. The molecule has 0 bridgehead atoms. The maximum absolute atomic E-state index is 13.8. The second-order valence-electron chi connectivity index (χ2n) is 7.71. The van der Waals surface area contributed by atoms with Crippen LogP contribution < -0.4 is 9.62 Å². The minimum Gasteiger partial charge on any atom is -0.368 e. The highest BCUT2D eigenvalue weighted by Crippen LogP contribution is 2.21. The smallest absolute Gasteiger partial charge is 0.261 e. The van der Waals surface area contributed by atoms with Gasteiger partial charge in [-0.25, -0.2) is 12.8 Å². The van der Waals surface area contributed by atoms with E-state index in [1.165, 1.54) is 18.2 Å². The zero-order valence-electron chi connectivity index (χ0n) is 17.7. The predicted molar refractivity (Wildman–Crippen MR) is 123 cm³/mol. The van der Waals surface area contributed by atoms with Gasteiger partial charge in [-0.2, -0.15) is 0 Å². The summed E-state index contributed by atoms with van der Waals surface area (Å²) < 4.78 is 41.5. The van der Waals surface area contributed by atoms with Crippen molar-refractivity contribution in [3.05, 3.63) is 89.7 Å². The molecule has 1 saturated heterocycles. The molecule has 1 fully saturated rings. The summed E-state index contributed by atoms with van der Waals surface area (Å²) in [7, 11) is -3.98. The maximum Gasteiger partial charge on any atom is 0.261 e. The van der Waals surface area contributed by atoms with Crippen molar-refractivity contribution in [1.29, 1.82) is 0 Å². The van der Waals surface area contributed by atoms with Gasteiger partial charge in [0.2, 0.25) is 0 Å². The van der Waals surface area contributed by atoms with Gasteiger partial charge in [-0.15, -0.1) is 0 Å². The number of piperazine rings is 1. The van der Waals surface area contributed by atoms with Crippen LogP contribution in [0.1, 0.15) is 15.9 Å². The summed E-state index contributed by atoms with van der Waals surface area (Å²) in [6.07, 6.45) is 0. The third kappa shape index (κ3) is 4.75. The highest BCUT2D eigenvalue weighted by Gasteiger charge is 2.23. The highest BCUT2D eigenvalue weighted by atomic mass is 32.2. The number of hydrogen-bond donors (Lipinski definition) is 1. The van der Waals surface area contributed by atoms with Crippen molar-refractivity contribution < 1.29 is 17.6 Å². The fourth-order valence-electron chi connectivity index (χ4n) is 3.66. The number of aryl methyl sites for hydroxylation is 1. The van der Waals surface area contributed by atoms with E-state index in [9.17, 15) is 17.6 Å². The molecule has 4 rings (SSSR count). The van der Waals surface area contributed by atoms with E-state index in [1.54, 1.807) is 30.0 Å². The Morgan fingerprint density at radius 2 is 1.62 bits per heavy atom. The molecule has 166 valence electrons. The summed E-state index contributed by atoms with van der Waals surface area (Å²) in [4.78, 5) is 16.8. The topological polar surface area (TPSA) is 69.7 Å². The number of amides is 1. The normalized spacial score (nSPS) is 14.3. The average Bonchev–Trinajstić information content (AvgIpc) is 2.81. The molecule has 6 nitrogen and oxygen atoms in total. The number of sulfonamides is 1. The number of hydrogen-bond acceptors (Lipinski definition) is 4. The van der Waals surface area contributed by atoms with Gasteiger partial charge in [0.05, 0.1) is 4.90 Å². The number of carbonyl (C=O) groups excluding carboxylic acids is 1. The fourth-order valence-corrected chi connectivity index (χ4v) is 4.72. The summed E-state index contributed by atoms with van der Waals surface area (Å²) in [6.45, 7) is 4.16. The van der Waals surface area contributed by atoms with Gasteiger partial charge in [0.15, 0.2) is 0 Å². The quantitative estimate of drug-likeness (QED) is 0.636. The second-order valence-corrected chi connectivity index (χ2v) is 9.39. The van der Waals surface area contributed by atoms with Gasteiger partial charge in [0.25, 0.3) is 15.9 Å². The predicted octanol–water partition coefficient (Wildman–Crippen LogP) is 3.90.